The maximum atomic E-state index is 12.6. The van der Waals surface area contributed by atoms with Gasteiger partial charge in [-0.15, -0.1) is 0 Å². The van der Waals surface area contributed by atoms with Crippen LogP contribution in [0.1, 0.15) is 15.9 Å². The first-order valence-electron chi connectivity index (χ1n) is 5.93. The van der Waals surface area contributed by atoms with Gasteiger partial charge in [0.2, 0.25) is 0 Å². The second kappa shape index (κ2) is 4.96. The molecule has 0 radical (unpaired) electrons. The Balaban J connectivity index is 2.18. The van der Waals surface area contributed by atoms with Gasteiger partial charge in [0, 0.05) is 32.7 Å². The van der Waals surface area contributed by atoms with Gasteiger partial charge in [-0.3, -0.25) is 4.79 Å². The first-order valence-corrected chi connectivity index (χ1v) is 7.10. The summed E-state index contributed by atoms with van der Waals surface area (Å²) in [6, 6.07) is 10.8. The van der Waals surface area contributed by atoms with Crippen molar-refractivity contribution >= 4 is 49.9 Å². The van der Waals surface area contributed by atoms with E-state index in [4.69, 9.17) is 17.3 Å². The SMILES string of the molecule is Nc1cccc(C(=O)c2c[nH]c3ccc(Br)cc23)c1Cl. The summed E-state index contributed by atoms with van der Waals surface area (Å²) in [5.41, 5.74) is 8.04. The van der Waals surface area contributed by atoms with Gasteiger partial charge < -0.3 is 10.7 Å². The molecule has 0 atom stereocenters. The fourth-order valence-corrected chi connectivity index (χ4v) is 2.72. The Labute approximate surface area is 128 Å². The lowest BCUT2D eigenvalue weighted by atomic mass is 10.0. The molecule has 3 aromatic rings. The third-order valence-electron chi connectivity index (χ3n) is 3.16. The number of halogens is 2. The number of H-pyrrole nitrogens is 1. The highest BCUT2D eigenvalue weighted by atomic mass is 79.9. The molecule has 1 heterocycles. The number of carbonyl (C=O) groups is 1. The van der Waals surface area contributed by atoms with Gasteiger partial charge in [-0.25, -0.2) is 0 Å². The number of hydrogen-bond donors (Lipinski definition) is 2. The third-order valence-corrected chi connectivity index (χ3v) is 4.08. The highest BCUT2D eigenvalue weighted by Crippen LogP contribution is 2.29. The van der Waals surface area contributed by atoms with E-state index in [0.29, 0.717) is 21.8 Å². The zero-order valence-corrected chi connectivity index (χ0v) is 12.6. The highest BCUT2D eigenvalue weighted by Gasteiger charge is 2.18. The molecule has 0 aliphatic heterocycles. The van der Waals surface area contributed by atoms with E-state index >= 15 is 0 Å². The summed E-state index contributed by atoms with van der Waals surface area (Å²) in [5, 5.41) is 1.14. The minimum atomic E-state index is -0.147. The molecule has 0 saturated carbocycles. The van der Waals surface area contributed by atoms with E-state index in [1.54, 1.807) is 24.4 Å². The van der Waals surface area contributed by atoms with Crippen LogP contribution in [0.5, 0.6) is 0 Å². The summed E-state index contributed by atoms with van der Waals surface area (Å²) in [4.78, 5) is 15.7. The maximum Gasteiger partial charge on any atom is 0.196 e. The predicted octanol–water partition coefficient (Wildman–Crippen LogP) is 4.40. The quantitative estimate of drug-likeness (QED) is 0.532. The number of aromatic nitrogens is 1. The predicted molar refractivity (Wildman–Crippen MR) is 85.3 cm³/mol. The molecule has 0 bridgehead atoms. The van der Waals surface area contributed by atoms with Crippen molar-refractivity contribution in [3.63, 3.8) is 0 Å². The molecule has 3 nitrogen and oxygen atoms in total. The van der Waals surface area contributed by atoms with Crippen LogP contribution >= 0.6 is 27.5 Å². The Morgan fingerprint density at radius 2 is 2.00 bits per heavy atom. The van der Waals surface area contributed by atoms with Gasteiger partial charge in [0.25, 0.3) is 0 Å². The molecule has 20 heavy (non-hydrogen) atoms. The first kappa shape index (κ1) is 13.2. The maximum absolute atomic E-state index is 12.6. The van der Waals surface area contributed by atoms with Gasteiger partial charge >= 0.3 is 0 Å². The molecular formula is C15H10BrClN2O. The monoisotopic (exact) mass is 348 g/mol. The Morgan fingerprint density at radius 3 is 2.80 bits per heavy atom. The van der Waals surface area contributed by atoms with Gasteiger partial charge in [0.05, 0.1) is 10.7 Å². The van der Waals surface area contributed by atoms with Gasteiger partial charge in [-0.05, 0) is 30.3 Å². The van der Waals surface area contributed by atoms with Crippen molar-refractivity contribution in [2.24, 2.45) is 0 Å². The number of ketones is 1. The molecule has 0 fully saturated rings. The van der Waals surface area contributed by atoms with Crippen LogP contribution in [0.25, 0.3) is 10.9 Å². The van der Waals surface area contributed by atoms with E-state index in [-0.39, 0.29) is 5.78 Å². The van der Waals surface area contributed by atoms with Crippen molar-refractivity contribution < 1.29 is 4.79 Å². The molecule has 5 heteroatoms. The number of nitrogen functional groups attached to an aromatic ring is 1. The minimum absolute atomic E-state index is 0.147. The Bertz CT molecular complexity index is 826. The molecule has 0 saturated heterocycles. The molecule has 0 aliphatic rings. The average molecular weight is 350 g/mol. The number of carbonyl (C=O) groups excluding carboxylic acids is 1. The zero-order valence-electron chi connectivity index (χ0n) is 10.3. The molecule has 2 aromatic carbocycles. The lowest BCUT2D eigenvalue weighted by Crippen LogP contribution is -2.03. The summed E-state index contributed by atoms with van der Waals surface area (Å²) >= 11 is 9.53. The van der Waals surface area contributed by atoms with Crippen LogP contribution in [0, 0.1) is 0 Å². The third kappa shape index (κ3) is 2.11. The molecule has 100 valence electrons. The van der Waals surface area contributed by atoms with E-state index in [1.807, 2.05) is 18.2 Å². The number of anilines is 1. The van der Waals surface area contributed by atoms with Gasteiger partial charge in [0.1, 0.15) is 0 Å². The average Bonchev–Trinajstić information content (AvgIpc) is 2.84. The highest BCUT2D eigenvalue weighted by molar-refractivity contribution is 9.10. The number of hydrogen-bond acceptors (Lipinski definition) is 2. The first-order chi connectivity index (χ1) is 9.58. The smallest absolute Gasteiger partial charge is 0.196 e. The minimum Gasteiger partial charge on any atom is -0.398 e. The largest absolute Gasteiger partial charge is 0.398 e. The van der Waals surface area contributed by atoms with Gasteiger partial charge in [-0.1, -0.05) is 33.6 Å². The lowest BCUT2D eigenvalue weighted by molar-refractivity contribution is 0.104. The van der Waals surface area contributed by atoms with Crippen LogP contribution in [0.15, 0.2) is 47.1 Å². The van der Waals surface area contributed by atoms with E-state index in [2.05, 4.69) is 20.9 Å². The summed E-state index contributed by atoms with van der Waals surface area (Å²) < 4.78 is 0.914. The van der Waals surface area contributed by atoms with Crippen LogP contribution in [-0.2, 0) is 0 Å². The molecule has 1 aromatic heterocycles. The van der Waals surface area contributed by atoms with Crippen LogP contribution in [-0.4, -0.2) is 10.8 Å². The number of nitrogens with two attached hydrogens (primary N) is 1. The number of aromatic amines is 1. The molecule has 0 spiro atoms. The van der Waals surface area contributed by atoms with Crippen molar-refractivity contribution in [2.45, 2.75) is 0 Å². The molecule has 0 unspecified atom stereocenters. The topological polar surface area (TPSA) is 58.9 Å². The summed E-state index contributed by atoms with van der Waals surface area (Å²) in [5.74, 6) is -0.147. The number of fused-ring (bicyclic) bond motifs is 1. The van der Waals surface area contributed by atoms with Crippen LogP contribution in [0.2, 0.25) is 5.02 Å². The Kier molecular flexibility index (Phi) is 3.28. The van der Waals surface area contributed by atoms with Crippen molar-refractivity contribution in [3.8, 4) is 0 Å². The molecule has 3 N–H and O–H groups in total. The van der Waals surface area contributed by atoms with Crippen LogP contribution < -0.4 is 5.73 Å². The Hall–Kier alpha value is -1.78. The van der Waals surface area contributed by atoms with E-state index in [9.17, 15) is 4.79 Å². The van der Waals surface area contributed by atoms with Crippen LogP contribution in [0.4, 0.5) is 5.69 Å². The molecule has 0 amide bonds. The van der Waals surface area contributed by atoms with Crippen LogP contribution in [0.3, 0.4) is 0 Å². The number of nitrogens with one attached hydrogen (secondary N) is 1. The number of benzene rings is 2. The number of rotatable bonds is 2. The van der Waals surface area contributed by atoms with E-state index < -0.39 is 0 Å². The lowest BCUT2D eigenvalue weighted by Gasteiger charge is -2.05. The summed E-state index contributed by atoms with van der Waals surface area (Å²) in [6.45, 7) is 0. The summed E-state index contributed by atoms with van der Waals surface area (Å²) in [6.07, 6.45) is 1.69. The molecule has 0 aliphatic carbocycles. The van der Waals surface area contributed by atoms with E-state index in [0.717, 1.165) is 15.4 Å². The van der Waals surface area contributed by atoms with Crippen molar-refractivity contribution in [1.82, 2.24) is 4.98 Å². The summed E-state index contributed by atoms with van der Waals surface area (Å²) in [7, 11) is 0. The zero-order chi connectivity index (χ0) is 14.3. The van der Waals surface area contributed by atoms with Gasteiger partial charge in [-0.2, -0.15) is 0 Å². The molecular weight excluding hydrogens is 340 g/mol. The standard InChI is InChI=1S/C15H10BrClN2O/c16-8-4-5-13-10(6-8)11(7-19-13)15(20)9-2-1-3-12(18)14(9)17/h1-7,19H,18H2. The van der Waals surface area contributed by atoms with Gasteiger partial charge in [0.15, 0.2) is 5.78 Å². The fourth-order valence-electron chi connectivity index (χ4n) is 2.15. The second-order valence-electron chi connectivity index (χ2n) is 4.43. The second-order valence-corrected chi connectivity index (χ2v) is 5.72. The Morgan fingerprint density at radius 1 is 1.20 bits per heavy atom. The van der Waals surface area contributed by atoms with Crippen molar-refractivity contribution in [1.29, 1.82) is 0 Å². The normalized spacial score (nSPS) is 10.9. The van der Waals surface area contributed by atoms with Crippen molar-refractivity contribution in [3.05, 3.63) is 63.2 Å². The van der Waals surface area contributed by atoms with E-state index in [1.165, 1.54) is 0 Å². The fraction of sp³-hybridized carbons (Fsp3) is 0. The molecule has 3 rings (SSSR count). The van der Waals surface area contributed by atoms with Crippen molar-refractivity contribution in [2.75, 3.05) is 5.73 Å².